The molecule has 7 nitrogen and oxygen atoms in total. The summed E-state index contributed by atoms with van der Waals surface area (Å²) in [6, 6.07) is 0. The minimum atomic E-state index is -1.08. The highest BCUT2D eigenvalue weighted by Gasteiger charge is 2.60. The van der Waals surface area contributed by atoms with E-state index in [1.165, 1.54) is 58.5 Å². The van der Waals surface area contributed by atoms with Crippen molar-refractivity contribution in [3.05, 3.63) is 11.8 Å². The van der Waals surface area contributed by atoms with E-state index in [1.54, 1.807) is 0 Å². The molecular weight excluding hydrogens is 504 g/mol. The van der Waals surface area contributed by atoms with Crippen molar-refractivity contribution in [2.24, 2.45) is 23.2 Å². The lowest BCUT2D eigenvalue weighted by atomic mass is 9.66. The van der Waals surface area contributed by atoms with Crippen LogP contribution in [-0.2, 0) is 23.9 Å². The Hall–Kier alpha value is -1.89. The third-order valence-corrected chi connectivity index (χ3v) is 10.2. The number of carbonyl (C=O) groups excluding carboxylic acids is 3. The van der Waals surface area contributed by atoms with Crippen LogP contribution in [0, 0.1) is 23.2 Å². The van der Waals surface area contributed by atoms with Crippen LogP contribution in [0.2, 0.25) is 0 Å². The molecule has 4 rings (SSSR count). The third kappa shape index (κ3) is 7.11. The van der Waals surface area contributed by atoms with E-state index in [2.05, 4.69) is 18.3 Å². The molecule has 3 fully saturated rings. The van der Waals surface area contributed by atoms with Gasteiger partial charge in [0.1, 0.15) is 5.41 Å². The topological polar surface area (TPSA) is 84.9 Å². The number of methoxy groups -OCH3 is 1. The second-order valence-electron chi connectivity index (χ2n) is 13.0. The number of nitrogens with one attached hydrogen (secondary N) is 1. The minimum absolute atomic E-state index is 0.0218. The van der Waals surface area contributed by atoms with Crippen LogP contribution >= 0.6 is 0 Å². The zero-order chi connectivity index (χ0) is 28.5. The van der Waals surface area contributed by atoms with Gasteiger partial charge in [-0.25, -0.2) is 0 Å². The van der Waals surface area contributed by atoms with E-state index in [-0.39, 0.29) is 36.7 Å². The van der Waals surface area contributed by atoms with Crippen molar-refractivity contribution >= 4 is 17.8 Å². The molecule has 0 spiro atoms. The molecule has 0 aromatic rings. The lowest BCUT2D eigenvalue weighted by Gasteiger charge is -2.52. The molecule has 1 saturated heterocycles. The van der Waals surface area contributed by atoms with Crippen LogP contribution in [-0.4, -0.2) is 55.1 Å². The third-order valence-electron chi connectivity index (χ3n) is 10.2. The fourth-order valence-corrected chi connectivity index (χ4v) is 7.77. The maximum Gasteiger partial charge on any atom is 0.320 e. The highest BCUT2D eigenvalue weighted by Crippen LogP contribution is 2.51. The lowest BCUT2D eigenvalue weighted by molar-refractivity contribution is -0.177. The summed E-state index contributed by atoms with van der Waals surface area (Å²) in [6.07, 6.45) is 19.3. The molecule has 2 heterocycles. The zero-order valence-electron chi connectivity index (χ0n) is 25.4. The minimum Gasteiger partial charge on any atom is -0.468 e. The van der Waals surface area contributed by atoms with E-state index in [4.69, 9.17) is 9.47 Å². The summed E-state index contributed by atoms with van der Waals surface area (Å²) in [4.78, 5) is 42.7. The number of likely N-dealkylation sites (tertiary alicyclic amines) is 1. The smallest absolute Gasteiger partial charge is 0.320 e. The number of hydrogen-bond donors (Lipinski definition) is 1. The predicted molar refractivity (Wildman–Crippen MR) is 156 cm³/mol. The van der Waals surface area contributed by atoms with Gasteiger partial charge in [0.05, 0.1) is 19.3 Å². The molecule has 0 aromatic heterocycles. The quantitative estimate of drug-likeness (QED) is 0.212. The number of fused-ring (bicyclic) bond motifs is 1. The van der Waals surface area contributed by atoms with Crippen molar-refractivity contribution in [3.8, 4) is 0 Å². The summed E-state index contributed by atoms with van der Waals surface area (Å²) in [5.41, 5.74) is -0.304. The van der Waals surface area contributed by atoms with Crippen molar-refractivity contribution in [3.63, 3.8) is 0 Å². The number of nitrogens with zero attached hydrogens (tertiary/aromatic N) is 1. The van der Waals surface area contributed by atoms with Crippen LogP contribution in [0.1, 0.15) is 123 Å². The molecule has 226 valence electrons. The van der Waals surface area contributed by atoms with Gasteiger partial charge in [0.15, 0.2) is 0 Å². The van der Waals surface area contributed by atoms with Gasteiger partial charge in [-0.05, 0) is 63.4 Å². The first-order valence-corrected chi connectivity index (χ1v) is 16.4. The average Bonchev–Trinajstić information content (AvgIpc) is 3.51. The van der Waals surface area contributed by atoms with Crippen molar-refractivity contribution in [1.82, 2.24) is 10.2 Å². The summed E-state index contributed by atoms with van der Waals surface area (Å²) in [7, 11) is 1.42. The molecule has 1 N–H and O–H groups in total. The van der Waals surface area contributed by atoms with Crippen LogP contribution in [0.5, 0.6) is 0 Å². The first kappa shape index (κ1) is 31.1. The van der Waals surface area contributed by atoms with E-state index >= 15 is 0 Å². The summed E-state index contributed by atoms with van der Waals surface area (Å²) < 4.78 is 12.0. The number of hydrogen-bond acceptors (Lipinski definition) is 5. The summed E-state index contributed by atoms with van der Waals surface area (Å²) >= 11 is 0. The normalized spacial score (nSPS) is 29.7. The maximum absolute atomic E-state index is 14.1. The average molecular weight is 559 g/mol. The van der Waals surface area contributed by atoms with Crippen LogP contribution in [0.4, 0.5) is 0 Å². The first-order chi connectivity index (χ1) is 19.4. The van der Waals surface area contributed by atoms with Gasteiger partial charge in [-0.15, -0.1) is 0 Å². The lowest BCUT2D eigenvalue weighted by Crippen LogP contribution is -2.60. The second-order valence-corrected chi connectivity index (χ2v) is 13.0. The highest BCUT2D eigenvalue weighted by molar-refractivity contribution is 5.92. The molecule has 2 aliphatic heterocycles. The summed E-state index contributed by atoms with van der Waals surface area (Å²) in [6.45, 7) is 5.42. The van der Waals surface area contributed by atoms with Crippen LogP contribution in [0.3, 0.4) is 0 Å². The zero-order valence-corrected chi connectivity index (χ0v) is 25.4. The molecule has 0 bridgehead atoms. The Morgan fingerprint density at radius 3 is 2.40 bits per heavy atom. The fraction of sp³-hybridized carbons (Fsp3) is 0.848. The van der Waals surface area contributed by atoms with Gasteiger partial charge >= 0.3 is 5.97 Å². The SMILES string of the molecule is CCCCCCCCN1C(=O)[C@@H](CC(=O)NCC2CCCCC2)C[C@@]2(C(=O)OC)C1=C[C@H](C1CCCC1)O[C@@H]2C. The van der Waals surface area contributed by atoms with Gasteiger partial charge in [-0.1, -0.05) is 71.1 Å². The van der Waals surface area contributed by atoms with Crippen LogP contribution in [0.25, 0.3) is 0 Å². The molecule has 4 atom stereocenters. The Balaban J connectivity index is 1.56. The molecular formula is C33H54N2O5. The highest BCUT2D eigenvalue weighted by atomic mass is 16.5. The first-order valence-electron chi connectivity index (χ1n) is 16.4. The molecule has 0 aromatic carbocycles. The van der Waals surface area contributed by atoms with Gasteiger partial charge in [0.2, 0.25) is 11.8 Å². The molecule has 2 aliphatic carbocycles. The van der Waals surface area contributed by atoms with E-state index in [9.17, 15) is 14.4 Å². The Bertz CT molecular complexity index is 891. The molecule has 0 unspecified atom stereocenters. The van der Waals surface area contributed by atoms with Gasteiger partial charge in [0, 0.05) is 31.1 Å². The molecule has 2 saturated carbocycles. The molecule has 40 heavy (non-hydrogen) atoms. The summed E-state index contributed by atoms with van der Waals surface area (Å²) in [5.74, 6) is -0.101. The van der Waals surface area contributed by atoms with Crippen molar-refractivity contribution in [2.75, 3.05) is 20.2 Å². The van der Waals surface area contributed by atoms with Crippen molar-refractivity contribution in [1.29, 1.82) is 0 Å². The van der Waals surface area contributed by atoms with E-state index in [1.807, 2.05) is 11.8 Å². The molecule has 2 amide bonds. The predicted octanol–water partition coefficient (Wildman–Crippen LogP) is 6.30. The van der Waals surface area contributed by atoms with Crippen molar-refractivity contribution in [2.45, 2.75) is 135 Å². The Morgan fingerprint density at radius 1 is 1.02 bits per heavy atom. The molecule has 0 radical (unpaired) electrons. The van der Waals surface area contributed by atoms with Gasteiger partial charge in [0.25, 0.3) is 0 Å². The van der Waals surface area contributed by atoms with E-state index < -0.39 is 17.4 Å². The fourth-order valence-electron chi connectivity index (χ4n) is 7.77. The van der Waals surface area contributed by atoms with Gasteiger partial charge in [-0.3, -0.25) is 14.4 Å². The second kappa shape index (κ2) is 14.8. The molecule has 4 aliphatic rings. The number of carbonyl (C=O) groups is 3. The van der Waals surface area contributed by atoms with Crippen LogP contribution in [0.15, 0.2) is 11.8 Å². The molecule has 7 heteroatoms. The van der Waals surface area contributed by atoms with Crippen molar-refractivity contribution < 1.29 is 23.9 Å². The number of rotatable bonds is 13. The van der Waals surface area contributed by atoms with Crippen LogP contribution < -0.4 is 5.32 Å². The Morgan fingerprint density at radius 2 is 1.70 bits per heavy atom. The Labute approximate surface area is 242 Å². The number of unbranched alkanes of at least 4 members (excludes halogenated alkanes) is 5. The number of esters is 1. The van der Waals surface area contributed by atoms with E-state index in [0.717, 1.165) is 50.6 Å². The van der Waals surface area contributed by atoms with E-state index in [0.29, 0.717) is 24.9 Å². The maximum atomic E-state index is 14.1. The largest absolute Gasteiger partial charge is 0.468 e. The standard InChI is InChI=1S/C33H54N2O5/c1-4-5-6-7-8-14-19-35-29-21-28(26-17-12-13-18-26)40-24(2)33(29,32(38)39-3)22-27(31(35)37)20-30(36)34-23-25-15-10-9-11-16-25/h21,24-28H,4-20,22-23H2,1-3H3,(H,34,36)/t24-,27+,28-,33+/m1/s1. The number of piperidine rings is 1. The van der Waals surface area contributed by atoms with Gasteiger partial charge < -0.3 is 19.7 Å². The Kier molecular flexibility index (Phi) is 11.5. The summed E-state index contributed by atoms with van der Waals surface area (Å²) in [5, 5.41) is 3.12. The number of amides is 2. The van der Waals surface area contributed by atoms with Gasteiger partial charge in [-0.2, -0.15) is 0 Å². The monoisotopic (exact) mass is 558 g/mol. The number of ether oxygens (including phenoxy) is 2.